The SMILES string of the molecule is COc1cc(-c2c[nH]c(=O)c(-c3cc(OC)c(OC)c(OC)c3)n2)ccc1O. The number of phenols is 1. The van der Waals surface area contributed by atoms with E-state index in [1.807, 2.05) is 0 Å². The lowest BCUT2D eigenvalue weighted by Gasteiger charge is -2.14. The van der Waals surface area contributed by atoms with Gasteiger partial charge in [-0.25, -0.2) is 4.98 Å². The molecule has 0 aliphatic heterocycles. The Hall–Kier alpha value is -3.68. The van der Waals surface area contributed by atoms with Crippen LogP contribution >= 0.6 is 0 Å². The van der Waals surface area contributed by atoms with E-state index >= 15 is 0 Å². The van der Waals surface area contributed by atoms with Crippen LogP contribution in [0, 0.1) is 0 Å². The molecule has 0 amide bonds. The molecular formula is C20H20N2O6. The highest BCUT2D eigenvalue weighted by atomic mass is 16.5. The van der Waals surface area contributed by atoms with Gasteiger partial charge in [-0.15, -0.1) is 0 Å². The molecule has 3 rings (SSSR count). The van der Waals surface area contributed by atoms with E-state index in [0.29, 0.717) is 39.8 Å². The van der Waals surface area contributed by atoms with Crippen molar-refractivity contribution in [3.63, 3.8) is 0 Å². The second-order valence-corrected chi connectivity index (χ2v) is 5.76. The van der Waals surface area contributed by atoms with E-state index in [0.717, 1.165) is 0 Å². The Kier molecular flexibility index (Phi) is 5.39. The minimum atomic E-state index is -0.372. The first-order valence-electron chi connectivity index (χ1n) is 8.29. The monoisotopic (exact) mass is 384 g/mol. The summed E-state index contributed by atoms with van der Waals surface area (Å²) in [4.78, 5) is 19.6. The number of aromatic hydroxyl groups is 1. The number of phenolic OH excluding ortho intramolecular Hbond substituents is 1. The molecule has 0 saturated heterocycles. The van der Waals surface area contributed by atoms with Crippen LogP contribution in [0.4, 0.5) is 0 Å². The maximum absolute atomic E-state index is 12.4. The van der Waals surface area contributed by atoms with E-state index in [1.54, 1.807) is 24.3 Å². The maximum atomic E-state index is 12.4. The van der Waals surface area contributed by atoms with Crippen LogP contribution in [-0.2, 0) is 0 Å². The number of methoxy groups -OCH3 is 4. The second kappa shape index (κ2) is 7.91. The lowest BCUT2D eigenvalue weighted by molar-refractivity contribution is 0.324. The van der Waals surface area contributed by atoms with Gasteiger partial charge in [-0.3, -0.25) is 4.79 Å². The standard InChI is InChI=1S/C20H20N2O6/c1-25-15-7-11(5-6-14(15)23)13-10-21-20(24)18(22-13)12-8-16(26-2)19(28-4)17(9-12)27-3/h5-10,23H,1-4H3,(H,21,24). The molecule has 0 aliphatic carbocycles. The van der Waals surface area contributed by atoms with Gasteiger partial charge in [0, 0.05) is 17.3 Å². The number of hydrogen-bond donors (Lipinski definition) is 2. The first-order valence-corrected chi connectivity index (χ1v) is 8.29. The largest absolute Gasteiger partial charge is 0.504 e. The highest BCUT2D eigenvalue weighted by Gasteiger charge is 2.17. The van der Waals surface area contributed by atoms with Crippen molar-refractivity contribution in [3.8, 4) is 51.3 Å². The van der Waals surface area contributed by atoms with Gasteiger partial charge in [0.25, 0.3) is 5.56 Å². The quantitative estimate of drug-likeness (QED) is 0.674. The zero-order chi connectivity index (χ0) is 20.3. The van der Waals surface area contributed by atoms with E-state index < -0.39 is 0 Å². The fraction of sp³-hybridized carbons (Fsp3) is 0.200. The molecule has 0 bridgehead atoms. The highest BCUT2D eigenvalue weighted by molar-refractivity contribution is 5.71. The van der Waals surface area contributed by atoms with Gasteiger partial charge in [0.15, 0.2) is 23.0 Å². The predicted octanol–water partition coefficient (Wildman–Crippen LogP) is 2.84. The number of aromatic amines is 1. The molecule has 146 valence electrons. The van der Waals surface area contributed by atoms with Gasteiger partial charge in [-0.05, 0) is 30.3 Å². The summed E-state index contributed by atoms with van der Waals surface area (Å²) in [6, 6.07) is 8.12. The molecule has 0 spiro atoms. The lowest BCUT2D eigenvalue weighted by atomic mass is 10.1. The molecule has 8 heteroatoms. The Balaban J connectivity index is 2.16. The minimum absolute atomic E-state index is 0.0144. The third kappa shape index (κ3) is 3.44. The number of ether oxygens (including phenoxy) is 4. The molecular weight excluding hydrogens is 364 g/mol. The molecule has 3 aromatic rings. The van der Waals surface area contributed by atoms with Crippen molar-refractivity contribution in [2.75, 3.05) is 28.4 Å². The number of H-pyrrole nitrogens is 1. The van der Waals surface area contributed by atoms with Gasteiger partial charge >= 0.3 is 0 Å². The number of nitrogens with one attached hydrogen (secondary N) is 1. The summed E-state index contributed by atoms with van der Waals surface area (Å²) in [7, 11) is 5.96. The van der Waals surface area contributed by atoms with Crippen LogP contribution in [0.15, 0.2) is 41.3 Å². The molecule has 2 aromatic carbocycles. The molecule has 0 fully saturated rings. The van der Waals surface area contributed by atoms with Gasteiger partial charge < -0.3 is 29.0 Å². The van der Waals surface area contributed by atoms with Gasteiger partial charge in [-0.1, -0.05) is 0 Å². The minimum Gasteiger partial charge on any atom is -0.504 e. The number of hydrogen-bond acceptors (Lipinski definition) is 7. The number of nitrogens with zero attached hydrogens (tertiary/aromatic N) is 1. The van der Waals surface area contributed by atoms with E-state index in [1.165, 1.54) is 40.7 Å². The van der Waals surface area contributed by atoms with Crippen molar-refractivity contribution >= 4 is 0 Å². The summed E-state index contributed by atoms with van der Waals surface area (Å²) in [6.07, 6.45) is 1.50. The molecule has 0 unspecified atom stereocenters. The molecule has 0 saturated carbocycles. The Morgan fingerprint density at radius 1 is 0.857 bits per heavy atom. The van der Waals surface area contributed by atoms with Gasteiger partial charge in [0.2, 0.25) is 5.75 Å². The van der Waals surface area contributed by atoms with Crippen LogP contribution < -0.4 is 24.5 Å². The summed E-state index contributed by atoms with van der Waals surface area (Å²) in [5.41, 5.74) is 1.48. The molecule has 0 radical (unpaired) electrons. The third-order valence-electron chi connectivity index (χ3n) is 4.20. The van der Waals surface area contributed by atoms with Gasteiger partial charge in [0.05, 0.1) is 34.1 Å². The zero-order valence-electron chi connectivity index (χ0n) is 15.9. The number of benzene rings is 2. The van der Waals surface area contributed by atoms with E-state index in [2.05, 4.69) is 9.97 Å². The van der Waals surface area contributed by atoms with Crippen molar-refractivity contribution < 1.29 is 24.1 Å². The third-order valence-corrected chi connectivity index (χ3v) is 4.20. The molecule has 2 N–H and O–H groups in total. The fourth-order valence-corrected chi connectivity index (χ4v) is 2.80. The molecule has 8 nitrogen and oxygen atoms in total. The topological polar surface area (TPSA) is 103 Å². The van der Waals surface area contributed by atoms with Gasteiger partial charge in [0.1, 0.15) is 5.69 Å². The summed E-state index contributed by atoms with van der Waals surface area (Å²) in [5, 5.41) is 9.78. The Bertz CT molecular complexity index is 1040. The Morgan fingerprint density at radius 3 is 2.04 bits per heavy atom. The van der Waals surface area contributed by atoms with Crippen molar-refractivity contribution in [2.45, 2.75) is 0 Å². The summed E-state index contributed by atoms with van der Waals surface area (Å²) in [6.45, 7) is 0. The number of aromatic nitrogens is 2. The summed E-state index contributed by atoms with van der Waals surface area (Å²) < 4.78 is 21.1. The number of rotatable bonds is 6. The normalized spacial score (nSPS) is 10.4. The van der Waals surface area contributed by atoms with E-state index in [9.17, 15) is 9.90 Å². The second-order valence-electron chi connectivity index (χ2n) is 5.76. The molecule has 1 aromatic heterocycles. The van der Waals surface area contributed by atoms with Crippen LogP contribution in [0.3, 0.4) is 0 Å². The van der Waals surface area contributed by atoms with Crippen LogP contribution in [0.25, 0.3) is 22.5 Å². The zero-order valence-corrected chi connectivity index (χ0v) is 15.9. The first-order chi connectivity index (χ1) is 13.5. The van der Waals surface area contributed by atoms with Gasteiger partial charge in [-0.2, -0.15) is 0 Å². The lowest BCUT2D eigenvalue weighted by Crippen LogP contribution is -2.11. The molecule has 0 aliphatic rings. The van der Waals surface area contributed by atoms with Crippen LogP contribution in [0.2, 0.25) is 0 Å². The molecule has 0 atom stereocenters. The van der Waals surface area contributed by atoms with Crippen molar-refractivity contribution in [1.29, 1.82) is 0 Å². The highest BCUT2D eigenvalue weighted by Crippen LogP contribution is 2.40. The summed E-state index contributed by atoms with van der Waals surface area (Å²) in [5.74, 6) is 1.56. The van der Waals surface area contributed by atoms with Crippen LogP contribution in [0.5, 0.6) is 28.7 Å². The van der Waals surface area contributed by atoms with Crippen LogP contribution in [0.1, 0.15) is 0 Å². The fourth-order valence-electron chi connectivity index (χ4n) is 2.80. The van der Waals surface area contributed by atoms with Crippen molar-refractivity contribution in [1.82, 2.24) is 9.97 Å². The Morgan fingerprint density at radius 2 is 1.46 bits per heavy atom. The first kappa shape index (κ1) is 19.1. The van der Waals surface area contributed by atoms with Crippen molar-refractivity contribution in [2.24, 2.45) is 0 Å². The predicted molar refractivity (Wildman–Crippen MR) is 104 cm³/mol. The van der Waals surface area contributed by atoms with Crippen molar-refractivity contribution in [3.05, 3.63) is 46.9 Å². The van der Waals surface area contributed by atoms with E-state index in [4.69, 9.17) is 18.9 Å². The van der Waals surface area contributed by atoms with E-state index in [-0.39, 0.29) is 17.0 Å². The average molecular weight is 384 g/mol. The van der Waals surface area contributed by atoms with Crippen LogP contribution in [-0.4, -0.2) is 43.5 Å². The summed E-state index contributed by atoms with van der Waals surface area (Å²) >= 11 is 0. The maximum Gasteiger partial charge on any atom is 0.274 e. The average Bonchev–Trinajstić information content (AvgIpc) is 2.73. The molecule has 1 heterocycles. The smallest absolute Gasteiger partial charge is 0.274 e. The Labute approximate surface area is 161 Å². The molecule has 28 heavy (non-hydrogen) atoms.